The van der Waals surface area contributed by atoms with Crippen molar-refractivity contribution in [1.29, 1.82) is 0 Å². The van der Waals surface area contributed by atoms with E-state index in [0.717, 1.165) is 5.56 Å². The first-order valence-corrected chi connectivity index (χ1v) is 10.8. The minimum atomic E-state index is -1.15. The zero-order valence-electron chi connectivity index (χ0n) is 17.5. The summed E-state index contributed by atoms with van der Waals surface area (Å²) in [4.78, 5) is 23.3. The summed E-state index contributed by atoms with van der Waals surface area (Å²) in [6.45, 7) is 0.400. The van der Waals surface area contributed by atoms with E-state index in [2.05, 4.69) is 9.97 Å². The van der Waals surface area contributed by atoms with Gasteiger partial charge >= 0.3 is 0 Å². The SMILES string of the molecule is O=C1c2ccccc2C(O)N1C(c1cccc(OCc2ccccc2)c1)c1nccnc1Cl. The molecule has 1 aliphatic heterocycles. The van der Waals surface area contributed by atoms with Crippen LogP contribution in [0.25, 0.3) is 0 Å². The predicted octanol–water partition coefficient (Wildman–Crippen LogP) is 4.95. The molecule has 1 N–H and O–H groups in total. The van der Waals surface area contributed by atoms with Crippen LogP contribution >= 0.6 is 11.6 Å². The van der Waals surface area contributed by atoms with Crippen LogP contribution in [0.2, 0.25) is 5.15 Å². The van der Waals surface area contributed by atoms with Gasteiger partial charge in [0.1, 0.15) is 24.1 Å². The van der Waals surface area contributed by atoms with Crippen molar-refractivity contribution in [1.82, 2.24) is 14.9 Å². The molecule has 0 fully saturated rings. The first-order valence-electron chi connectivity index (χ1n) is 10.5. The molecule has 1 amide bonds. The number of rotatable bonds is 6. The number of halogens is 1. The first-order chi connectivity index (χ1) is 16.1. The fourth-order valence-corrected chi connectivity index (χ4v) is 4.26. The number of fused-ring (bicyclic) bond motifs is 1. The van der Waals surface area contributed by atoms with Crippen molar-refractivity contribution in [2.24, 2.45) is 0 Å². The van der Waals surface area contributed by atoms with Crippen LogP contribution in [0.3, 0.4) is 0 Å². The Morgan fingerprint density at radius 2 is 1.73 bits per heavy atom. The van der Waals surface area contributed by atoms with Crippen LogP contribution in [0.5, 0.6) is 5.75 Å². The Bertz CT molecular complexity index is 1300. The minimum Gasteiger partial charge on any atom is -0.489 e. The maximum Gasteiger partial charge on any atom is 0.257 e. The maximum atomic E-state index is 13.3. The highest BCUT2D eigenvalue weighted by Gasteiger charge is 2.42. The lowest BCUT2D eigenvalue weighted by Gasteiger charge is -2.31. The third-order valence-corrected chi connectivity index (χ3v) is 5.90. The highest BCUT2D eigenvalue weighted by atomic mass is 35.5. The summed E-state index contributed by atoms with van der Waals surface area (Å²) in [6.07, 6.45) is 1.86. The van der Waals surface area contributed by atoms with Gasteiger partial charge in [-0.05, 0) is 29.3 Å². The fraction of sp³-hybridized carbons (Fsp3) is 0.115. The first kappa shape index (κ1) is 21.1. The smallest absolute Gasteiger partial charge is 0.257 e. The number of carbonyl (C=O) groups is 1. The summed E-state index contributed by atoms with van der Waals surface area (Å²) in [7, 11) is 0. The molecule has 6 nitrogen and oxygen atoms in total. The summed E-state index contributed by atoms with van der Waals surface area (Å²) in [6, 6.07) is 23.5. The topological polar surface area (TPSA) is 75.5 Å². The molecule has 164 valence electrons. The standard InChI is InChI=1S/C26H20ClN3O3/c27-24-22(28-13-14-29-24)23(30-25(31)20-11-4-5-12-21(20)26(30)32)18-9-6-10-19(15-18)33-16-17-7-2-1-3-8-17/h1-15,23,25,31H,16H2. The van der Waals surface area contributed by atoms with Gasteiger partial charge in [0, 0.05) is 23.5 Å². The summed E-state index contributed by atoms with van der Waals surface area (Å²) in [5.74, 6) is 0.320. The van der Waals surface area contributed by atoms with Crippen molar-refractivity contribution in [2.45, 2.75) is 18.9 Å². The highest BCUT2D eigenvalue weighted by molar-refractivity contribution is 6.30. The lowest BCUT2D eigenvalue weighted by molar-refractivity contribution is 0.00282. The molecule has 2 atom stereocenters. The third-order valence-electron chi connectivity index (χ3n) is 5.61. The quantitative estimate of drug-likeness (QED) is 0.443. The molecule has 33 heavy (non-hydrogen) atoms. The second-order valence-corrected chi connectivity index (χ2v) is 8.01. The lowest BCUT2D eigenvalue weighted by Crippen LogP contribution is -2.34. The van der Waals surface area contributed by atoms with Gasteiger partial charge in [0.25, 0.3) is 5.91 Å². The van der Waals surface area contributed by atoms with Crippen LogP contribution in [0, 0.1) is 0 Å². The van der Waals surface area contributed by atoms with Gasteiger partial charge in [0.05, 0.1) is 0 Å². The van der Waals surface area contributed by atoms with Crippen molar-refractivity contribution in [3.8, 4) is 5.75 Å². The van der Waals surface area contributed by atoms with E-state index >= 15 is 0 Å². The summed E-state index contributed by atoms with van der Waals surface area (Å²) in [5, 5.41) is 11.3. The molecule has 0 saturated heterocycles. The Kier molecular flexibility index (Phi) is 5.77. The van der Waals surface area contributed by atoms with Crippen molar-refractivity contribution in [2.75, 3.05) is 0 Å². The van der Waals surface area contributed by atoms with Crippen molar-refractivity contribution in [3.63, 3.8) is 0 Å². The molecule has 0 aliphatic carbocycles. The average Bonchev–Trinajstić information content (AvgIpc) is 3.10. The van der Waals surface area contributed by atoms with Gasteiger partial charge < -0.3 is 9.84 Å². The Labute approximate surface area is 196 Å². The van der Waals surface area contributed by atoms with E-state index in [0.29, 0.717) is 34.7 Å². The van der Waals surface area contributed by atoms with Crippen LogP contribution in [0.4, 0.5) is 0 Å². The van der Waals surface area contributed by atoms with E-state index in [-0.39, 0.29) is 11.1 Å². The number of amides is 1. The van der Waals surface area contributed by atoms with Gasteiger partial charge in [-0.15, -0.1) is 0 Å². The van der Waals surface area contributed by atoms with Crippen molar-refractivity contribution < 1.29 is 14.6 Å². The second-order valence-electron chi connectivity index (χ2n) is 7.66. The van der Waals surface area contributed by atoms with E-state index in [9.17, 15) is 9.90 Å². The second kappa shape index (κ2) is 9.02. The molecule has 2 heterocycles. The van der Waals surface area contributed by atoms with Gasteiger partial charge in [-0.3, -0.25) is 14.7 Å². The number of aliphatic hydroxyl groups excluding tert-OH is 1. The van der Waals surface area contributed by atoms with Crippen molar-refractivity contribution >= 4 is 17.5 Å². The van der Waals surface area contributed by atoms with Gasteiger partial charge in [0.2, 0.25) is 0 Å². The van der Waals surface area contributed by atoms with Crippen LogP contribution in [0.1, 0.15) is 45.0 Å². The third kappa shape index (κ3) is 4.06. The van der Waals surface area contributed by atoms with Gasteiger partial charge in [0.15, 0.2) is 11.4 Å². The lowest BCUT2D eigenvalue weighted by atomic mass is 10.0. The van der Waals surface area contributed by atoms with E-state index < -0.39 is 12.3 Å². The van der Waals surface area contributed by atoms with Crippen LogP contribution in [-0.2, 0) is 6.61 Å². The molecule has 1 aromatic heterocycles. The van der Waals surface area contributed by atoms with Gasteiger partial charge in [-0.25, -0.2) is 4.98 Å². The number of nitrogens with zero attached hydrogens (tertiary/aromatic N) is 3. The molecule has 0 spiro atoms. The Morgan fingerprint density at radius 3 is 2.52 bits per heavy atom. The zero-order chi connectivity index (χ0) is 22.8. The highest BCUT2D eigenvalue weighted by Crippen LogP contribution is 2.42. The number of hydrogen-bond acceptors (Lipinski definition) is 5. The molecule has 7 heteroatoms. The molecule has 5 rings (SSSR count). The minimum absolute atomic E-state index is 0.161. The van der Waals surface area contributed by atoms with Gasteiger partial charge in [-0.1, -0.05) is 72.3 Å². The summed E-state index contributed by atoms with van der Waals surface area (Å²) >= 11 is 6.41. The molecule has 0 radical (unpaired) electrons. The van der Waals surface area contributed by atoms with Crippen LogP contribution < -0.4 is 4.74 Å². The number of hydrogen-bond donors (Lipinski definition) is 1. The van der Waals surface area contributed by atoms with Gasteiger partial charge in [-0.2, -0.15) is 0 Å². The number of carbonyl (C=O) groups excluding carboxylic acids is 1. The molecule has 0 saturated carbocycles. The monoisotopic (exact) mass is 457 g/mol. The van der Waals surface area contributed by atoms with E-state index in [1.807, 2.05) is 54.6 Å². The summed E-state index contributed by atoms with van der Waals surface area (Å²) < 4.78 is 5.99. The normalized spacial score (nSPS) is 15.9. The molecular weight excluding hydrogens is 438 g/mol. The molecule has 4 aromatic rings. The number of ether oxygens (including phenoxy) is 1. The maximum absolute atomic E-state index is 13.3. The molecule has 1 aliphatic rings. The largest absolute Gasteiger partial charge is 0.489 e. The average molecular weight is 458 g/mol. The molecule has 2 unspecified atom stereocenters. The van der Waals surface area contributed by atoms with E-state index in [1.54, 1.807) is 24.3 Å². The van der Waals surface area contributed by atoms with Crippen LogP contribution in [0.15, 0.2) is 91.3 Å². The number of aliphatic hydroxyl groups is 1. The van der Waals surface area contributed by atoms with E-state index in [4.69, 9.17) is 16.3 Å². The Balaban J connectivity index is 1.54. The molecule has 0 bridgehead atoms. The number of aromatic nitrogens is 2. The molecular formula is C26H20ClN3O3. The Hall–Kier alpha value is -3.74. The van der Waals surface area contributed by atoms with Crippen molar-refractivity contribution in [3.05, 3.63) is 124 Å². The van der Waals surface area contributed by atoms with Crippen LogP contribution in [-0.4, -0.2) is 25.9 Å². The van der Waals surface area contributed by atoms with E-state index in [1.165, 1.54) is 17.3 Å². The molecule has 3 aromatic carbocycles. The zero-order valence-corrected chi connectivity index (χ0v) is 18.3. The number of benzene rings is 3. The predicted molar refractivity (Wildman–Crippen MR) is 124 cm³/mol. The summed E-state index contributed by atoms with van der Waals surface area (Å²) in [5.41, 5.74) is 3.11. The Morgan fingerprint density at radius 1 is 0.970 bits per heavy atom. The fourth-order valence-electron chi connectivity index (χ4n) is 4.06.